The minimum Gasteiger partial charge on any atom is -0.300 e. The van der Waals surface area contributed by atoms with Crippen LogP contribution in [0.25, 0.3) is 6.08 Å². The lowest BCUT2D eigenvalue weighted by Crippen LogP contribution is -1.79. The second kappa shape index (κ2) is 12.8. The Labute approximate surface area is 136 Å². The van der Waals surface area contributed by atoms with Crippen LogP contribution in [0.3, 0.4) is 0 Å². The first kappa shape index (κ1) is 20.1. The molecule has 0 aliphatic carbocycles. The molecule has 0 bridgehead atoms. The highest BCUT2D eigenvalue weighted by molar-refractivity contribution is 5.91. The summed E-state index contributed by atoms with van der Waals surface area (Å²) in [5, 5.41) is 0. The van der Waals surface area contributed by atoms with Crippen LogP contribution in [0, 0.1) is 0 Å². The van der Waals surface area contributed by atoms with Crippen molar-refractivity contribution in [2.75, 3.05) is 0 Å². The van der Waals surface area contributed by atoms with E-state index in [0.717, 1.165) is 11.8 Å². The van der Waals surface area contributed by atoms with Crippen molar-refractivity contribution in [3.63, 3.8) is 0 Å². The van der Waals surface area contributed by atoms with E-state index in [1.165, 1.54) is 26.8 Å². The maximum atomic E-state index is 10.5. The van der Waals surface area contributed by atoms with Gasteiger partial charge in [-0.25, -0.2) is 0 Å². The molecule has 0 radical (unpaired) electrons. The lowest BCUT2D eigenvalue weighted by Gasteiger charge is -1.87. The zero-order valence-corrected chi connectivity index (χ0v) is 13.5. The van der Waals surface area contributed by atoms with Gasteiger partial charge in [-0.05, 0) is 56.7 Å². The molecular weight excluding hydrogens is 292 g/mol. The number of nitrogens with zero attached hydrogens (tertiary/aromatic N) is 2. The van der Waals surface area contributed by atoms with E-state index in [9.17, 15) is 14.4 Å². The smallest absolute Gasteiger partial charge is 0.152 e. The first-order valence-electron chi connectivity index (χ1n) is 6.86. The van der Waals surface area contributed by atoms with Crippen LogP contribution in [0.2, 0.25) is 0 Å². The Bertz CT molecular complexity index is 619. The highest BCUT2D eigenvalue weighted by Gasteiger charge is 1.84. The summed E-state index contributed by atoms with van der Waals surface area (Å²) in [5.41, 5.74) is 1.66. The summed E-state index contributed by atoms with van der Waals surface area (Å²) in [5.74, 6) is 0.224. The lowest BCUT2D eigenvalue weighted by molar-refractivity contribution is -0.115. The van der Waals surface area contributed by atoms with E-state index in [2.05, 4.69) is 9.97 Å². The van der Waals surface area contributed by atoms with Crippen LogP contribution >= 0.6 is 0 Å². The number of ketones is 2. The molecule has 0 fully saturated rings. The summed E-state index contributed by atoms with van der Waals surface area (Å²) in [6.45, 7) is 4.58. The molecule has 0 spiro atoms. The number of aromatic nitrogens is 2. The lowest BCUT2D eigenvalue weighted by atomic mass is 10.2. The number of pyridine rings is 2. The predicted octanol–water partition coefficient (Wildman–Crippen LogP) is 3.17. The van der Waals surface area contributed by atoms with Gasteiger partial charge in [-0.1, -0.05) is 6.08 Å². The van der Waals surface area contributed by atoms with Crippen LogP contribution in [0.5, 0.6) is 0 Å². The normalized spacial score (nSPS) is 9.00. The molecule has 120 valence electrons. The Balaban J connectivity index is 0.000000354. The van der Waals surface area contributed by atoms with E-state index in [0.29, 0.717) is 5.56 Å². The molecule has 0 aliphatic rings. The molecule has 0 saturated carbocycles. The van der Waals surface area contributed by atoms with Crippen molar-refractivity contribution in [1.82, 2.24) is 9.97 Å². The van der Waals surface area contributed by atoms with Crippen LogP contribution in [0.15, 0.2) is 55.1 Å². The summed E-state index contributed by atoms with van der Waals surface area (Å²) in [6.07, 6.45) is 10.7. The number of hydrogen-bond acceptors (Lipinski definition) is 5. The number of hydrogen-bond donors (Lipinski definition) is 0. The van der Waals surface area contributed by atoms with Gasteiger partial charge in [-0.2, -0.15) is 0 Å². The van der Waals surface area contributed by atoms with Crippen LogP contribution in [-0.4, -0.2) is 27.8 Å². The molecule has 5 nitrogen and oxygen atoms in total. The maximum absolute atomic E-state index is 10.5. The van der Waals surface area contributed by atoms with E-state index in [4.69, 9.17) is 0 Å². The highest BCUT2D eigenvalue weighted by atomic mass is 16.1. The second-order valence-electron chi connectivity index (χ2n) is 4.53. The standard InChI is InChI=1S/C9H9NO.C6H5NO.C3H6O/c1-8(11)2-3-9-4-6-10-7-5-9;8-5-6-1-3-7-4-2-6;1-3(2)4/h2-7H,1H3;1-5H;1-2H3/b3-2+;;. The molecule has 2 aromatic rings. The van der Waals surface area contributed by atoms with Gasteiger partial charge in [-0.15, -0.1) is 0 Å². The number of aldehydes is 1. The van der Waals surface area contributed by atoms with Crippen molar-refractivity contribution >= 4 is 23.9 Å². The van der Waals surface area contributed by atoms with Crippen LogP contribution in [-0.2, 0) is 9.59 Å². The zero-order valence-electron chi connectivity index (χ0n) is 13.5. The van der Waals surface area contributed by atoms with E-state index < -0.39 is 0 Å². The van der Waals surface area contributed by atoms with Gasteiger partial charge in [0.1, 0.15) is 12.1 Å². The summed E-state index contributed by atoms with van der Waals surface area (Å²) in [7, 11) is 0. The minimum absolute atomic E-state index is 0.0572. The Morgan fingerprint density at radius 1 is 0.826 bits per heavy atom. The van der Waals surface area contributed by atoms with Crippen molar-refractivity contribution in [1.29, 1.82) is 0 Å². The SMILES string of the molecule is CC(=O)/C=C/c1ccncc1.CC(C)=O.O=Cc1ccncc1. The Morgan fingerprint density at radius 3 is 1.52 bits per heavy atom. The number of carbonyl (C=O) groups excluding carboxylic acids is 3. The summed E-state index contributed by atoms with van der Waals surface area (Å²) in [6, 6.07) is 7.01. The fraction of sp³-hybridized carbons (Fsp3) is 0.167. The topological polar surface area (TPSA) is 77.0 Å². The third kappa shape index (κ3) is 13.8. The molecule has 0 amide bonds. The van der Waals surface area contributed by atoms with Crippen LogP contribution < -0.4 is 0 Å². The predicted molar refractivity (Wildman–Crippen MR) is 89.9 cm³/mol. The van der Waals surface area contributed by atoms with E-state index in [1.54, 1.807) is 43.0 Å². The summed E-state index contributed by atoms with van der Waals surface area (Å²) < 4.78 is 0. The Hall–Kier alpha value is -2.95. The molecule has 2 rings (SSSR count). The fourth-order valence-corrected chi connectivity index (χ4v) is 1.13. The number of rotatable bonds is 3. The van der Waals surface area contributed by atoms with E-state index in [1.807, 2.05) is 12.1 Å². The minimum atomic E-state index is 0.0572. The average molecular weight is 312 g/mol. The molecular formula is C18H20N2O3. The third-order valence-corrected chi connectivity index (χ3v) is 2.06. The van der Waals surface area contributed by atoms with Gasteiger partial charge in [0.25, 0.3) is 0 Å². The van der Waals surface area contributed by atoms with Gasteiger partial charge in [0.2, 0.25) is 0 Å². The number of allylic oxidation sites excluding steroid dienone is 1. The molecule has 0 unspecified atom stereocenters. The van der Waals surface area contributed by atoms with Gasteiger partial charge >= 0.3 is 0 Å². The average Bonchev–Trinajstić information content (AvgIpc) is 2.55. The molecule has 2 heterocycles. The van der Waals surface area contributed by atoms with Crippen LogP contribution in [0.4, 0.5) is 0 Å². The van der Waals surface area contributed by atoms with E-state index in [-0.39, 0.29) is 11.6 Å². The van der Waals surface area contributed by atoms with Gasteiger partial charge < -0.3 is 4.79 Å². The van der Waals surface area contributed by atoms with Crippen LogP contribution in [0.1, 0.15) is 36.7 Å². The Kier molecular flexibility index (Phi) is 11.1. The second-order valence-corrected chi connectivity index (χ2v) is 4.53. The van der Waals surface area contributed by atoms with E-state index >= 15 is 0 Å². The monoisotopic (exact) mass is 312 g/mol. The zero-order chi connectivity index (χ0) is 17.5. The molecule has 0 N–H and O–H groups in total. The molecule has 5 heteroatoms. The molecule has 0 atom stereocenters. The fourth-order valence-electron chi connectivity index (χ4n) is 1.13. The van der Waals surface area contributed by atoms with Gasteiger partial charge in [-0.3, -0.25) is 19.6 Å². The van der Waals surface area contributed by atoms with Crippen molar-refractivity contribution < 1.29 is 14.4 Å². The van der Waals surface area contributed by atoms with Gasteiger partial charge in [0, 0.05) is 30.4 Å². The summed E-state index contributed by atoms with van der Waals surface area (Å²) in [4.78, 5) is 37.5. The third-order valence-electron chi connectivity index (χ3n) is 2.06. The molecule has 0 saturated heterocycles. The van der Waals surface area contributed by atoms with Gasteiger partial charge in [0.05, 0.1) is 0 Å². The first-order valence-corrected chi connectivity index (χ1v) is 6.86. The van der Waals surface area contributed by atoms with Crippen molar-refractivity contribution in [2.45, 2.75) is 20.8 Å². The largest absolute Gasteiger partial charge is 0.300 e. The highest BCUT2D eigenvalue weighted by Crippen LogP contribution is 1.98. The Morgan fingerprint density at radius 2 is 1.22 bits per heavy atom. The molecule has 0 aliphatic heterocycles. The quantitative estimate of drug-likeness (QED) is 0.642. The first-order chi connectivity index (χ1) is 11.0. The number of carbonyl (C=O) groups is 3. The summed E-state index contributed by atoms with van der Waals surface area (Å²) >= 11 is 0. The number of Topliss-reactive ketones (excluding diaryl/α,β-unsaturated/α-hetero) is 1. The van der Waals surface area contributed by atoms with Crippen molar-refractivity contribution in [3.05, 3.63) is 66.3 Å². The van der Waals surface area contributed by atoms with Gasteiger partial charge in [0.15, 0.2) is 5.78 Å². The van der Waals surface area contributed by atoms with Crippen molar-refractivity contribution in [3.8, 4) is 0 Å². The molecule has 0 aromatic carbocycles. The van der Waals surface area contributed by atoms with Crippen molar-refractivity contribution in [2.24, 2.45) is 0 Å². The molecule has 23 heavy (non-hydrogen) atoms. The maximum Gasteiger partial charge on any atom is 0.152 e. The molecule has 2 aromatic heterocycles.